The fourth-order valence-electron chi connectivity index (χ4n) is 3.99. The summed E-state index contributed by atoms with van der Waals surface area (Å²) in [6.45, 7) is 3.61. The molecule has 0 aliphatic heterocycles. The number of ether oxygens (including phenoxy) is 1. The lowest BCUT2D eigenvalue weighted by Crippen LogP contribution is -2.45. The van der Waals surface area contributed by atoms with Crippen LogP contribution in [0.15, 0.2) is 24.4 Å². The van der Waals surface area contributed by atoms with Gasteiger partial charge >= 0.3 is 0 Å². The van der Waals surface area contributed by atoms with Gasteiger partial charge in [-0.2, -0.15) is 0 Å². The summed E-state index contributed by atoms with van der Waals surface area (Å²) in [5.41, 5.74) is 0.629. The van der Waals surface area contributed by atoms with Gasteiger partial charge in [-0.25, -0.2) is 0 Å². The Morgan fingerprint density at radius 2 is 2.31 bits per heavy atom. The Labute approximate surface area is 159 Å². The molecule has 142 valence electrons. The van der Waals surface area contributed by atoms with E-state index in [1.54, 1.807) is 13.2 Å². The number of aromatic nitrogens is 1. The van der Waals surface area contributed by atoms with Crippen molar-refractivity contribution in [3.05, 3.63) is 35.0 Å². The second-order valence-corrected chi connectivity index (χ2v) is 7.88. The molecule has 0 bridgehead atoms. The number of fused-ring (bicyclic) bond motifs is 1. The topological polar surface area (TPSA) is 63.5 Å². The Bertz CT molecular complexity index is 789. The molecule has 2 N–H and O–H groups in total. The van der Waals surface area contributed by atoms with Crippen LogP contribution in [0.4, 0.5) is 0 Å². The molecule has 1 fully saturated rings. The van der Waals surface area contributed by atoms with Gasteiger partial charge in [0, 0.05) is 31.8 Å². The monoisotopic (exact) mass is 378 g/mol. The Morgan fingerprint density at radius 3 is 3.04 bits per heavy atom. The van der Waals surface area contributed by atoms with Gasteiger partial charge < -0.3 is 19.7 Å². The van der Waals surface area contributed by atoms with Gasteiger partial charge in [-0.1, -0.05) is 37.4 Å². The van der Waals surface area contributed by atoms with Crippen LogP contribution >= 0.6 is 11.6 Å². The van der Waals surface area contributed by atoms with Gasteiger partial charge in [0.2, 0.25) is 0 Å². The van der Waals surface area contributed by atoms with Gasteiger partial charge in [-0.3, -0.25) is 4.79 Å². The van der Waals surface area contributed by atoms with E-state index in [4.69, 9.17) is 16.3 Å². The van der Waals surface area contributed by atoms with Crippen molar-refractivity contribution in [2.75, 3.05) is 20.3 Å². The number of nitrogens with zero attached hydrogens (tertiary/aromatic N) is 1. The molecule has 0 saturated heterocycles. The number of amides is 1. The molecule has 5 nitrogen and oxygen atoms in total. The number of rotatable bonds is 6. The van der Waals surface area contributed by atoms with E-state index in [0.717, 1.165) is 36.6 Å². The van der Waals surface area contributed by atoms with Crippen molar-refractivity contribution in [3.63, 3.8) is 0 Å². The van der Waals surface area contributed by atoms with Crippen LogP contribution in [0.25, 0.3) is 10.9 Å². The molecular weight excluding hydrogens is 352 g/mol. The number of methoxy groups -OCH3 is 1. The maximum absolute atomic E-state index is 12.8. The first-order valence-corrected chi connectivity index (χ1v) is 9.58. The minimum atomic E-state index is -0.814. The fraction of sp³-hybridized carbons (Fsp3) is 0.550. The van der Waals surface area contributed by atoms with Crippen LogP contribution in [0, 0.1) is 5.92 Å². The average Bonchev–Trinajstić information content (AvgIpc) is 2.98. The van der Waals surface area contributed by atoms with Crippen molar-refractivity contribution in [1.82, 2.24) is 9.88 Å². The van der Waals surface area contributed by atoms with E-state index in [2.05, 4.69) is 12.2 Å². The zero-order chi connectivity index (χ0) is 18.7. The molecule has 1 saturated carbocycles. The van der Waals surface area contributed by atoms with Gasteiger partial charge in [-0.05, 0) is 30.9 Å². The number of halogens is 1. The molecule has 0 radical (unpaired) electrons. The summed E-state index contributed by atoms with van der Waals surface area (Å²) in [6, 6.07) is 5.61. The van der Waals surface area contributed by atoms with Crippen LogP contribution in [0.5, 0.6) is 0 Å². The quantitative estimate of drug-likeness (QED) is 0.807. The lowest BCUT2D eigenvalue weighted by molar-refractivity contribution is -0.0109. The van der Waals surface area contributed by atoms with E-state index in [-0.39, 0.29) is 12.5 Å². The summed E-state index contributed by atoms with van der Waals surface area (Å²) in [5.74, 6) is 0.280. The van der Waals surface area contributed by atoms with E-state index in [1.807, 2.05) is 22.9 Å². The number of hydrogen-bond donors (Lipinski definition) is 2. The summed E-state index contributed by atoms with van der Waals surface area (Å²) >= 11 is 6.38. The highest BCUT2D eigenvalue weighted by molar-refractivity contribution is 6.36. The predicted molar refractivity (Wildman–Crippen MR) is 104 cm³/mol. The first kappa shape index (κ1) is 19.2. The minimum Gasteiger partial charge on any atom is -0.388 e. The number of nitrogens with one attached hydrogen (secondary N) is 1. The maximum atomic E-state index is 12.8. The Kier molecular flexibility index (Phi) is 5.90. The number of aliphatic hydroxyl groups is 1. The van der Waals surface area contributed by atoms with Crippen molar-refractivity contribution in [2.45, 2.75) is 44.8 Å². The normalized spacial score (nSPS) is 23.3. The van der Waals surface area contributed by atoms with E-state index >= 15 is 0 Å². The lowest BCUT2D eigenvalue weighted by atomic mass is 9.79. The summed E-state index contributed by atoms with van der Waals surface area (Å²) < 4.78 is 7.14. The molecule has 2 aromatic rings. The zero-order valence-corrected chi connectivity index (χ0v) is 16.2. The molecule has 6 heteroatoms. The molecule has 3 rings (SSSR count). The lowest BCUT2D eigenvalue weighted by Gasteiger charge is -2.35. The molecule has 1 aromatic heterocycles. The van der Waals surface area contributed by atoms with Crippen molar-refractivity contribution < 1.29 is 14.6 Å². The molecular formula is C20H27ClN2O3. The van der Waals surface area contributed by atoms with Crippen LogP contribution in [0.3, 0.4) is 0 Å². The molecule has 1 amide bonds. The number of hydrogen-bond acceptors (Lipinski definition) is 3. The van der Waals surface area contributed by atoms with Crippen molar-refractivity contribution >= 4 is 28.4 Å². The molecule has 1 aliphatic rings. The number of carbonyl (C=O) groups is 1. The van der Waals surface area contributed by atoms with Gasteiger partial charge in [0.05, 0.1) is 28.3 Å². The molecule has 0 spiro atoms. The Morgan fingerprint density at radius 1 is 1.50 bits per heavy atom. The van der Waals surface area contributed by atoms with Gasteiger partial charge in [0.1, 0.15) is 0 Å². The fourth-order valence-corrected chi connectivity index (χ4v) is 4.26. The first-order chi connectivity index (χ1) is 12.4. The second kappa shape index (κ2) is 7.99. The van der Waals surface area contributed by atoms with Crippen LogP contribution in [0.1, 0.15) is 43.0 Å². The summed E-state index contributed by atoms with van der Waals surface area (Å²) in [6.07, 6.45) is 5.41. The summed E-state index contributed by atoms with van der Waals surface area (Å²) in [4.78, 5) is 12.8. The van der Waals surface area contributed by atoms with Crippen LogP contribution < -0.4 is 5.32 Å². The highest BCUT2D eigenvalue weighted by atomic mass is 35.5. The minimum absolute atomic E-state index is 0.203. The standard InChI is InChI=1S/C20H27ClN2O3/c1-14-5-4-8-20(25,11-14)13-22-19(24)15-12-23(9-10-26-2)17-7-3-6-16(21)18(15)17/h3,6-7,12,14,25H,4-5,8-11,13H2,1-2H3,(H,22,24)/t14?,20-/m0/s1. The second-order valence-electron chi connectivity index (χ2n) is 7.47. The SMILES string of the molecule is COCCn1cc(C(=O)NC[C@]2(O)CCCC(C)C2)c2c(Cl)cccc21. The number of carbonyl (C=O) groups excluding carboxylic acids is 1. The van der Waals surface area contributed by atoms with E-state index < -0.39 is 5.60 Å². The van der Waals surface area contributed by atoms with Crippen molar-refractivity contribution in [1.29, 1.82) is 0 Å². The third-order valence-corrected chi connectivity index (χ3v) is 5.60. The van der Waals surface area contributed by atoms with Crippen molar-refractivity contribution in [3.8, 4) is 0 Å². The predicted octanol–water partition coefficient (Wildman–Crippen LogP) is 3.61. The highest BCUT2D eigenvalue weighted by Gasteiger charge is 2.33. The number of benzene rings is 1. The van der Waals surface area contributed by atoms with Crippen LogP contribution in [-0.2, 0) is 11.3 Å². The smallest absolute Gasteiger partial charge is 0.253 e. The molecule has 1 aliphatic carbocycles. The molecule has 2 atom stereocenters. The largest absolute Gasteiger partial charge is 0.388 e. The molecule has 26 heavy (non-hydrogen) atoms. The Balaban J connectivity index is 1.81. The van der Waals surface area contributed by atoms with E-state index in [1.165, 1.54) is 0 Å². The molecule has 1 aromatic carbocycles. The van der Waals surface area contributed by atoms with Crippen LogP contribution in [-0.4, -0.2) is 41.4 Å². The van der Waals surface area contributed by atoms with Gasteiger partial charge in [0.15, 0.2) is 0 Å². The van der Waals surface area contributed by atoms with E-state index in [9.17, 15) is 9.90 Å². The average molecular weight is 379 g/mol. The first-order valence-electron chi connectivity index (χ1n) is 9.20. The highest BCUT2D eigenvalue weighted by Crippen LogP contribution is 2.32. The Hall–Kier alpha value is -1.56. The van der Waals surface area contributed by atoms with Gasteiger partial charge in [0.25, 0.3) is 5.91 Å². The van der Waals surface area contributed by atoms with E-state index in [0.29, 0.717) is 29.7 Å². The van der Waals surface area contributed by atoms with Crippen molar-refractivity contribution in [2.24, 2.45) is 5.92 Å². The third kappa shape index (κ3) is 4.05. The van der Waals surface area contributed by atoms with Crippen LogP contribution in [0.2, 0.25) is 5.02 Å². The molecule has 1 heterocycles. The summed E-state index contributed by atoms with van der Waals surface area (Å²) in [5, 5.41) is 15.0. The van der Waals surface area contributed by atoms with Gasteiger partial charge in [-0.15, -0.1) is 0 Å². The zero-order valence-electron chi connectivity index (χ0n) is 15.4. The summed E-state index contributed by atoms with van der Waals surface area (Å²) in [7, 11) is 1.65. The maximum Gasteiger partial charge on any atom is 0.253 e. The molecule has 1 unspecified atom stereocenters. The third-order valence-electron chi connectivity index (χ3n) is 5.28.